The van der Waals surface area contributed by atoms with Gasteiger partial charge in [-0.05, 0) is 66.3 Å². The number of para-hydroxylation sites is 2. The highest BCUT2D eigenvalue weighted by atomic mass is 31.2. The number of likely N-dealkylation sites (tertiary alicyclic amines) is 1. The summed E-state index contributed by atoms with van der Waals surface area (Å²) in [5.74, 6) is -1.05. The third-order valence-electron chi connectivity index (χ3n) is 7.00. The van der Waals surface area contributed by atoms with E-state index in [0.717, 1.165) is 0 Å². The predicted molar refractivity (Wildman–Crippen MR) is 164 cm³/mol. The third kappa shape index (κ3) is 8.41. The van der Waals surface area contributed by atoms with E-state index in [1.807, 2.05) is 81.4 Å². The Labute approximate surface area is 251 Å². The fourth-order valence-corrected chi connectivity index (χ4v) is 5.34. The van der Waals surface area contributed by atoms with Crippen LogP contribution in [0.15, 0.2) is 91.0 Å². The van der Waals surface area contributed by atoms with Crippen molar-refractivity contribution in [2.75, 3.05) is 11.4 Å². The van der Waals surface area contributed by atoms with E-state index in [1.165, 1.54) is 36.4 Å². The van der Waals surface area contributed by atoms with Gasteiger partial charge in [-0.15, -0.1) is 0 Å². The zero-order chi connectivity index (χ0) is 31.2. The molecule has 1 heterocycles. The van der Waals surface area contributed by atoms with Crippen LogP contribution >= 0.6 is 7.82 Å². The molecule has 4 rings (SSSR count). The van der Waals surface area contributed by atoms with E-state index in [-0.39, 0.29) is 17.6 Å². The first kappa shape index (κ1) is 31.7. The Bertz CT molecular complexity index is 1460. The van der Waals surface area contributed by atoms with E-state index in [1.54, 1.807) is 9.80 Å². The number of hydrogen-bond donors (Lipinski definition) is 3. The zero-order valence-corrected chi connectivity index (χ0v) is 25.2. The molecule has 1 aliphatic heterocycles. The summed E-state index contributed by atoms with van der Waals surface area (Å²) >= 11 is 0. The van der Waals surface area contributed by atoms with Crippen molar-refractivity contribution in [3.05, 3.63) is 96.6 Å². The molecule has 0 spiro atoms. The van der Waals surface area contributed by atoms with Crippen LogP contribution in [0.4, 0.5) is 11.4 Å². The minimum Gasteiger partial charge on any atom is -0.404 e. The summed E-state index contributed by atoms with van der Waals surface area (Å²) in [6.45, 7) is 5.96. The molecule has 10 nitrogen and oxygen atoms in total. The minimum absolute atomic E-state index is 0.0128. The van der Waals surface area contributed by atoms with Crippen molar-refractivity contribution in [3.63, 3.8) is 0 Å². The number of rotatable bonds is 9. The van der Waals surface area contributed by atoms with Crippen molar-refractivity contribution in [1.29, 1.82) is 0 Å². The first-order valence-electron chi connectivity index (χ1n) is 13.9. The number of carbonyl (C=O) groups excluding carboxylic acids is 3. The van der Waals surface area contributed by atoms with E-state index < -0.39 is 31.2 Å². The number of phosphoric acid groups is 1. The monoisotopic (exact) mass is 605 g/mol. The lowest BCUT2D eigenvalue weighted by Crippen LogP contribution is -2.57. The summed E-state index contributed by atoms with van der Waals surface area (Å²) in [5.41, 5.74) is 1.32. The summed E-state index contributed by atoms with van der Waals surface area (Å²) < 4.78 is 15.5. The van der Waals surface area contributed by atoms with Gasteiger partial charge in [-0.1, -0.05) is 69.3 Å². The van der Waals surface area contributed by atoms with Crippen molar-refractivity contribution in [2.45, 2.75) is 45.7 Å². The van der Waals surface area contributed by atoms with Crippen molar-refractivity contribution in [1.82, 2.24) is 10.2 Å². The summed E-state index contributed by atoms with van der Waals surface area (Å²) in [7, 11) is -4.67. The third-order valence-corrected chi connectivity index (χ3v) is 7.45. The molecule has 2 atom stereocenters. The van der Waals surface area contributed by atoms with Crippen LogP contribution in [0.2, 0.25) is 0 Å². The molecule has 3 aromatic carbocycles. The van der Waals surface area contributed by atoms with Gasteiger partial charge in [-0.2, -0.15) is 0 Å². The Balaban J connectivity index is 1.51. The van der Waals surface area contributed by atoms with E-state index in [4.69, 9.17) is 9.79 Å². The van der Waals surface area contributed by atoms with Crippen molar-refractivity contribution < 1.29 is 33.3 Å². The number of benzene rings is 3. The van der Waals surface area contributed by atoms with Crippen LogP contribution in [0.3, 0.4) is 0 Å². The van der Waals surface area contributed by atoms with Crippen molar-refractivity contribution in [2.24, 2.45) is 5.41 Å². The lowest BCUT2D eigenvalue weighted by molar-refractivity contribution is -0.142. The summed E-state index contributed by atoms with van der Waals surface area (Å²) in [6, 6.07) is 22.8. The summed E-state index contributed by atoms with van der Waals surface area (Å²) in [4.78, 5) is 62.2. The summed E-state index contributed by atoms with van der Waals surface area (Å²) in [6.07, 6.45) is 3.96. The van der Waals surface area contributed by atoms with E-state index >= 15 is 0 Å². The molecule has 0 saturated carbocycles. The highest BCUT2D eigenvalue weighted by molar-refractivity contribution is 7.46. The van der Waals surface area contributed by atoms with Gasteiger partial charge in [0.2, 0.25) is 11.8 Å². The van der Waals surface area contributed by atoms with Crippen molar-refractivity contribution in [3.8, 4) is 5.75 Å². The number of hydrogen-bond acceptors (Lipinski definition) is 5. The van der Waals surface area contributed by atoms with E-state index in [0.29, 0.717) is 36.3 Å². The van der Waals surface area contributed by atoms with E-state index in [2.05, 4.69) is 9.84 Å². The van der Waals surface area contributed by atoms with Crippen LogP contribution in [-0.2, 0) is 18.9 Å². The van der Waals surface area contributed by atoms with Gasteiger partial charge >= 0.3 is 7.82 Å². The van der Waals surface area contributed by atoms with Gasteiger partial charge in [0.05, 0.1) is 0 Å². The first-order chi connectivity index (χ1) is 20.3. The number of nitrogens with zero attached hydrogens (tertiary/aromatic N) is 2. The molecular weight excluding hydrogens is 569 g/mol. The van der Waals surface area contributed by atoms with E-state index in [9.17, 15) is 18.9 Å². The van der Waals surface area contributed by atoms with Crippen LogP contribution in [0.25, 0.3) is 6.08 Å². The molecule has 43 heavy (non-hydrogen) atoms. The Kier molecular flexibility index (Phi) is 9.86. The van der Waals surface area contributed by atoms with Gasteiger partial charge in [0.25, 0.3) is 5.91 Å². The molecule has 3 aromatic rings. The van der Waals surface area contributed by atoms with Gasteiger partial charge in [-0.25, -0.2) is 4.57 Å². The maximum absolute atomic E-state index is 14.1. The van der Waals surface area contributed by atoms with Crippen LogP contribution in [0, 0.1) is 5.41 Å². The standard InChI is InChI=1S/C32H36N3O7P/c1-32(2,3)29(33-28(36)21-18-23-16-19-26(20-17-23)42-43(39,40)41)31(38)34-22-10-15-27(34)30(37)35(24-11-6-4-7-12-24)25-13-8-5-9-14-25/h4-9,11-14,16-21,27,29H,10,15,22H2,1-3H3,(H,33,36)(H2,39,40,41)/b21-18+. The second kappa shape index (κ2) is 13.4. The normalized spacial score (nSPS) is 16.1. The van der Waals surface area contributed by atoms with Crippen LogP contribution in [-0.4, -0.2) is 51.0 Å². The van der Waals surface area contributed by atoms with Gasteiger partial charge in [0.15, 0.2) is 0 Å². The number of nitrogens with one attached hydrogen (secondary N) is 1. The molecule has 0 radical (unpaired) electrons. The summed E-state index contributed by atoms with van der Waals surface area (Å²) in [5, 5.41) is 2.83. The van der Waals surface area contributed by atoms with Gasteiger partial charge < -0.3 is 14.7 Å². The Morgan fingerprint density at radius 2 is 1.51 bits per heavy atom. The second-order valence-electron chi connectivity index (χ2n) is 11.3. The smallest absolute Gasteiger partial charge is 0.404 e. The highest BCUT2D eigenvalue weighted by Crippen LogP contribution is 2.37. The van der Waals surface area contributed by atoms with Crippen LogP contribution < -0.4 is 14.7 Å². The second-order valence-corrected chi connectivity index (χ2v) is 12.5. The molecule has 1 aliphatic rings. The highest BCUT2D eigenvalue weighted by Gasteiger charge is 2.43. The molecule has 2 unspecified atom stereocenters. The fourth-order valence-electron chi connectivity index (χ4n) is 4.95. The topological polar surface area (TPSA) is 136 Å². The maximum Gasteiger partial charge on any atom is 0.524 e. The number of phosphoric ester groups is 1. The van der Waals surface area contributed by atoms with Crippen molar-refractivity contribution >= 4 is 43.0 Å². The average molecular weight is 606 g/mol. The van der Waals surface area contributed by atoms with Gasteiger partial charge in [0, 0.05) is 24.0 Å². The van der Waals surface area contributed by atoms with Gasteiger partial charge in [0.1, 0.15) is 17.8 Å². The van der Waals surface area contributed by atoms with Crippen LogP contribution in [0.1, 0.15) is 39.2 Å². The Morgan fingerprint density at radius 3 is 2.02 bits per heavy atom. The zero-order valence-electron chi connectivity index (χ0n) is 24.3. The molecule has 0 bridgehead atoms. The molecule has 3 N–H and O–H groups in total. The Morgan fingerprint density at radius 1 is 0.953 bits per heavy atom. The minimum atomic E-state index is -4.67. The Hall–Kier alpha value is -4.24. The fraction of sp³-hybridized carbons (Fsp3) is 0.281. The largest absolute Gasteiger partial charge is 0.524 e. The molecule has 11 heteroatoms. The lowest BCUT2D eigenvalue weighted by atomic mass is 9.85. The maximum atomic E-state index is 14.1. The molecule has 1 saturated heterocycles. The predicted octanol–water partition coefficient (Wildman–Crippen LogP) is 5.06. The molecular formula is C32H36N3O7P. The molecule has 0 aliphatic carbocycles. The molecule has 1 fully saturated rings. The SMILES string of the molecule is CC(C)(C)C(NC(=O)/C=C/c1ccc(OP(=O)(O)O)cc1)C(=O)N1CCCC1C(=O)N(c1ccccc1)c1ccccc1. The molecule has 226 valence electrons. The first-order valence-corrected chi connectivity index (χ1v) is 15.4. The number of carbonyl (C=O) groups is 3. The average Bonchev–Trinajstić information content (AvgIpc) is 3.45. The molecule has 3 amide bonds. The van der Waals surface area contributed by atoms with Gasteiger partial charge in [-0.3, -0.25) is 29.1 Å². The number of amides is 3. The molecule has 0 aromatic heterocycles. The lowest BCUT2D eigenvalue weighted by Gasteiger charge is -2.36. The van der Waals surface area contributed by atoms with Crippen LogP contribution in [0.5, 0.6) is 5.75 Å². The quantitative estimate of drug-likeness (QED) is 0.229. The number of anilines is 2.